The van der Waals surface area contributed by atoms with Gasteiger partial charge < -0.3 is 27.9 Å². The lowest BCUT2D eigenvalue weighted by Crippen LogP contribution is -2.37. The second kappa shape index (κ2) is 78.6. The van der Waals surface area contributed by atoms with Crippen molar-refractivity contribution >= 4 is 19.8 Å². The zero-order valence-electron chi connectivity index (χ0n) is 65.7. The van der Waals surface area contributed by atoms with Crippen molar-refractivity contribution in [1.29, 1.82) is 0 Å². The van der Waals surface area contributed by atoms with Gasteiger partial charge in [0, 0.05) is 12.8 Å². The molecule has 0 heterocycles. The lowest BCUT2D eigenvalue weighted by atomic mass is 10.0. The first-order chi connectivity index (χ1) is 48.0. The van der Waals surface area contributed by atoms with E-state index in [2.05, 4.69) is 86.8 Å². The molecule has 0 aliphatic carbocycles. The Morgan fingerprint density at radius 2 is 0.582 bits per heavy atom. The van der Waals surface area contributed by atoms with E-state index in [9.17, 15) is 19.0 Å². The molecule has 2 atom stereocenters. The van der Waals surface area contributed by atoms with Gasteiger partial charge in [0.2, 0.25) is 0 Å². The molecule has 2 unspecified atom stereocenters. The number of carbonyl (C=O) groups excluding carboxylic acids is 2. The summed E-state index contributed by atoms with van der Waals surface area (Å²) >= 11 is 0. The Kier molecular flexibility index (Phi) is 76.5. The van der Waals surface area contributed by atoms with Crippen molar-refractivity contribution in [2.75, 3.05) is 47.5 Å². The van der Waals surface area contributed by atoms with Crippen LogP contribution in [-0.4, -0.2) is 70.0 Å². The zero-order chi connectivity index (χ0) is 71.1. The molecule has 0 aromatic carbocycles. The Morgan fingerprint density at radius 1 is 0.327 bits per heavy atom. The summed E-state index contributed by atoms with van der Waals surface area (Å²) in [7, 11) is 1.19. The number of rotatable bonds is 80. The third-order valence-corrected chi connectivity index (χ3v) is 20.2. The Hall–Kier alpha value is -2.55. The zero-order valence-corrected chi connectivity index (χ0v) is 66.6. The Bertz CT molecular complexity index is 1890. The van der Waals surface area contributed by atoms with Crippen LogP contribution in [0.1, 0.15) is 425 Å². The van der Waals surface area contributed by atoms with Gasteiger partial charge in [-0.1, -0.05) is 401 Å². The Balaban J connectivity index is 3.87. The van der Waals surface area contributed by atoms with Crippen LogP contribution in [-0.2, 0) is 32.7 Å². The SMILES string of the molecule is CC/C=C\C/C=C\C/C=C\C/C=C\CCCCCCCCCCCCCCCCCCCCCCCCCCCCC(=O)OC(COC(=O)CCCCCCCCCCCCCCCCCCCCCCCCC/C=C\C/C=C\CCCCCCC)COP(=O)([O-])OCC[N+](C)(C)C. The lowest BCUT2D eigenvalue weighted by molar-refractivity contribution is -0.870. The Morgan fingerprint density at radius 3 is 0.867 bits per heavy atom. The maximum absolute atomic E-state index is 12.9. The van der Waals surface area contributed by atoms with Crippen LogP contribution in [0.25, 0.3) is 0 Å². The largest absolute Gasteiger partial charge is 0.756 e. The molecule has 0 spiro atoms. The number of unbranched alkanes of at least 4 members (excludes halogenated alkanes) is 54. The monoisotopic (exact) mass is 1390 g/mol. The highest BCUT2D eigenvalue weighted by Gasteiger charge is 2.22. The molecule has 0 aromatic rings. The van der Waals surface area contributed by atoms with Gasteiger partial charge in [-0.2, -0.15) is 0 Å². The first-order valence-corrected chi connectivity index (χ1v) is 44.1. The van der Waals surface area contributed by atoms with E-state index in [0.717, 1.165) is 64.2 Å². The molecule has 574 valence electrons. The number of carbonyl (C=O) groups is 2. The molecular formula is C88H164NO8P. The number of nitrogens with zero attached hydrogens (tertiary/aromatic N) is 1. The third-order valence-electron chi connectivity index (χ3n) is 19.2. The minimum Gasteiger partial charge on any atom is -0.756 e. The van der Waals surface area contributed by atoms with E-state index < -0.39 is 26.5 Å². The smallest absolute Gasteiger partial charge is 0.306 e. The summed E-state index contributed by atoms with van der Waals surface area (Å²) in [5.74, 6) is -0.808. The van der Waals surface area contributed by atoms with Gasteiger partial charge >= 0.3 is 11.9 Å². The van der Waals surface area contributed by atoms with E-state index >= 15 is 0 Å². The van der Waals surface area contributed by atoms with Crippen molar-refractivity contribution in [3.05, 3.63) is 72.9 Å². The van der Waals surface area contributed by atoms with Gasteiger partial charge in [-0.15, -0.1) is 0 Å². The van der Waals surface area contributed by atoms with Gasteiger partial charge in [0.1, 0.15) is 19.8 Å². The van der Waals surface area contributed by atoms with E-state index in [-0.39, 0.29) is 32.0 Å². The quantitative estimate of drug-likeness (QED) is 0.0195. The van der Waals surface area contributed by atoms with E-state index in [4.69, 9.17) is 18.5 Å². The highest BCUT2D eigenvalue weighted by atomic mass is 31.2. The predicted molar refractivity (Wildman–Crippen MR) is 425 cm³/mol. The standard InChI is InChI=1S/C88H164NO8P/c1-6-8-10-12-14-16-18-20-22-24-26-28-30-32-34-36-38-40-42-43-44-45-47-49-51-53-55-57-59-61-63-65-67-69-71-73-75-77-79-81-88(91)97-86(85-96-98(92,93)95-83-82-89(3,4)5)84-94-87(90)80-78-76-74-72-70-68-66-64-62-60-58-56-54-52-50-48-46-41-39-37-35-33-31-29-27-25-23-21-19-17-15-13-11-9-7-2/h8,10,14,16,19-22,25-28,86H,6-7,9,11-13,15,17-18,23-24,29-85H2,1-5H3/b10-8-,16-14-,21-19-,22-20-,27-25-,28-26-. The van der Waals surface area contributed by atoms with Crippen molar-refractivity contribution in [2.24, 2.45) is 0 Å². The summed E-state index contributed by atoms with van der Waals surface area (Å²) in [5.41, 5.74) is 0. The van der Waals surface area contributed by atoms with Gasteiger partial charge in [-0.25, -0.2) is 0 Å². The van der Waals surface area contributed by atoms with Gasteiger partial charge in [-0.3, -0.25) is 14.2 Å². The summed E-state index contributed by atoms with van der Waals surface area (Å²) in [6.07, 6.45) is 108. The minimum absolute atomic E-state index is 0.0283. The number of esters is 2. The van der Waals surface area contributed by atoms with Crippen molar-refractivity contribution in [3.8, 4) is 0 Å². The molecule has 0 fully saturated rings. The highest BCUT2D eigenvalue weighted by molar-refractivity contribution is 7.45. The fraction of sp³-hybridized carbons (Fsp3) is 0.841. The fourth-order valence-electron chi connectivity index (χ4n) is 12.7. The maximum atomic E-state index is 12.9. The minimum atomic E-state index is -4.65. The number of hydrogen-bond acceptors (Lipinski definition) is 8. The molecule has 9 nitrogen and oxygen atoms in total. The number of phosphoric ester groups is 1. The van der Waals surface area contributed by atoms with E-state index in [1.165, 1.54) is 327 Å². The van der Waals surface area contributed by atoms with Crippen LogP contribution >= 0.6 is 7.82 Å². The van der Waals surface area contributed by atoms with Gasteiger partial charge in [-0.05, 0) is 83.5 Å². The second-order valence-electron chi connectivity index (χ2n) is 30.2. The first-order valence-electron chi connectivity index (χ1n) is 42.6. The molecule has 0 saturated carbocycles. The number of likely N-dealkylation sites (N-methyl/N-ethyl adjacent to an activating group) is 1. The summed E-state index contributed by atoms with van der Waals surface area (Å²) in [4.78, 5) is 38.2. The summed E-state index contributed by atoms with van der Waals surface area (Å²) in [5, 5.41) is 0. The molecule has 0 N–H and O–H groups in total. The molecule has 0 saturated heterocycles. The lowest BCUT2D eigenvalue weighted by Gasteiger charge is -2.28. The molecule has 0 radical (unpaired) electrons. The van der Waals surface area contributed by atoms with Crippen LogP contribution in [0.15, 0.2) is 72.9 Å². The normalized spacial score (nSPS) is 13.3. The van der Waals surface area contributed by atoms with Crippen LogP contribution in [0, 0.1) is 0 Å². The van der Waals surface area contributed by atoms with Crippen LogP contribution in [0.2, 0.25) is 0 Å². The van der Waals surface area contributed by atoms with Crippen LogP contribution < -0.4 is 4.89 Å². The highest BCUT2D eigenvalue weighted by Crippen LogP contribution is 2.38. The maximum Gasteiger partial charge on any atom is 0.306 e. The van der Waals surface area contributed by atoms with Crippen molar-refractivity contribution in [3.63, 3.8) is 0 Å². The van der Waals surface area contributed by atoms with Crippen LogP contribution in [0.4, 0.5) is 0 Å². The van der Waals surface area contributed by atoms with Crippen LogP contribution in [0.5, 0.6) is 0 Å². The van der Waals surface area contributed by atoms with Gasteiger partial charge in [0.05, 0.1) is 27.7 Å². The number of ether oxygens (including phenoxy) is 2. The molecule has 0 amide bonds. The Labute approximate surface area is 609 Å². The number of phosphoric acid groups is 1. The van der Waals surface area contributed by atoms with E-state index in [0.29, 0.717) is 17.4 Å². The number of hydrogen-bond donors (Lipinski definition) is 0. The molecule has 0 rings (SSSR count). The van der Waals surface area contributed by atoms with Crippen molar-refractivity contribution in [2.45, 2.75) is 431 Å². The summed E-state index contributed by atoms with van der Waals surface area (Å²) in [6, 6.07) is 0. The molecule has 0 aliphatic heterocycles. The molecule has 10 heteroatoms. The first kappa shape index (κ1) is 95.5. The van der Waals surface area contributed by atoms with Gasteiger partial charge in [0.25, 0.3) is 7.82 Å². The molecule has 0 aliphatic rings. The van der Waals surface area contributed by atoms with E-state index in [1.807, 2.05) is 21.1 Å². The molecule has 0 bridgehead atoms. The fourth-order valence-corrected chi connectivity index (χ4v) is 13.5. The average Bonchev–Trinajstić information content (AvgIpc) is 1.23. The molecular weight excluding hydrogens is 1230 g/mol. The third kappa shape index (κ3) is 82.4. The predicted octanol–water partition coefficient (Wildman–Crippen LogP) is 28.0. The summed E-state index contributed by atoms with van der Waals surface area (Å²) in [6.45, 7) is 4.19. The number of allylic oxidation sites excluding steroid dienone is 12. The van der Waals surface area contributed by atoms with Crippen molar-refractivity contribution in [1.82, 2.24) is 0 Å². The van der Waals surface area contributed by atoms with Crippen LogP contribution in [0.3, 0.4) is 0 Å². The van der Waals surface area contributed by atoms with E-state index in [1.54, 1.807) is 0 Å². The second-order valence-corrected chi connectivity index (χ2v) is 31.6. The molecule has 0 aromatic heterocycles. The average molecular weight is 1400 g/mol. The van der Waals surface area contributed by atoms with Gasteiger partial charge in [0.15, 0.2) is 6.10 Å². The van der Waals surface area contributed by atoms with Crippen molar-refractivity contribution < 1.29 is 42.1 Å². The number of quaternary nitrogens is 1. The summed E-state index contributed by atoms with van der Waals surface area (Å²) < 4.78 is 34.5. The molecule has 98 heavy (non-hydrogen) atoms. The topological polar surface area (TPSA) is 111 Å².